The van der Waals surface area contributed by atoms with Crippen molar-refractivity contribution < 1.29 is 9.53 Å². The van der Waals surface area contributed by atoms with E-state index in [-0.39, 0.29) is 12.0 Å². The lowest BCUT2D eigenvalue weighted by atomic mass is 10.0. The molecular formula is C12H25N3O2. The number of likely N-dealkylation sites (tertiary alicyclic amines) is 1. The van der Waals surface area contributed by atoms with Crippen molar-refractivity contribution in [2.75, 3.05) is 33.3 Å². The molecule has 17 heavy (non-hydrogen) atoms. The molecule has 0 aromatic rings. The number of carbonyl (C=O) groups is 1. The molecule has 1 aliphatic rings. The maximum atomic E-state index is 11.7. The third-order valence-corrected chi connectivity index (χ3v) is 3.41. The Morgan fingerprint density at radius 3 is 2.65 bits per heavy atom. The smallest absolute Gasteiger partial charge is 0.222 e. The summed E-state index contributed by atoms with van der Waals surface area (Å²) in [6, 6.07) is 0.320. The number of hydrogen-bond donors (Lipinski definition) is 2. The third-order valence-electron chi connectivity index (χ3n) is 3.41. The van der Waals surface area contributed by atoms with E-state index in [2.05, 4.69) is 17.1 Å². The number of carbonyl (C=O) groups excluding carboxylic acids is 1. The van der Waals surface area contributed by atoms with Crippen LogP contribution in [0, 0.1) is 0 Å². The minimum Gasteiger partial charge on any atom is -0.380 e. The summed E-state index contributed by atoms with van der Waals surface area (Å²) in [5, 5.41) is 3.06. The Labute approximate surface area is 104 Å². The Morgan fingerprint density at radius 2 is 2.18 bits per heavy atom. The Hall–Kier alpha value is -0.650. The van der Waals surface area contributed by atoms with Crippen LogP contribution < -0.4 is 11.1 Å². The van der Waals surface area contributed by atoms with Crippen LogP contribution in [0.15, 0.2) is 0 Å². The number of methoxy groups -OCH3 is 1. The van der Waals surface area contributed by atoms with Gasteiger partial charge >= 0.3 is 0 Å². The molecule has 5 nitrogen and oxygen atoms in total. The molecule has 0 radical (unpaired) electrons. The van der Waals surface area contributed by atoms with Crippen LogP contribution in [0.3, 0.4) is 0 Å². The van der Waals surface area contributed by atoms with E-state index in [0.29, 0.717) is 19.0 Å². The molecule has 1 atom stereocenters. The summed E-state index contributed by atoms with van der Waals surface area (Å²) < 4.78 is 5.10. The van der Waals surface area contributed by atoms with Crippen LogP contribution in [0.5, 0.6) is 0 Å². The van der Waals surface area contributed by atoms with Crippen LogP contribution in [-0.2, 0) is 9.53 Å². The molecule has 1 rings (SSSR count). The van der Waals surface area contributed by atoms with E-state index in [9.17, 15) is 4.79 Å². The number of nitrogens with zero attached hydrogens (tertiary/aromatic N) is 1. The van der Waals surface area contributed by atoms with Crippen molar-refractivity contribution in [3.63, 3.8) is 0 Å². The van der Waals surface area contributed by atoms with Gasteiger partial charge in [-0.1, -0.05) is 6.92 Å². The third kappa shape index (κ3) is 5.02. The van der Waals surface area contributed by atoms with Gasteiger partial charge in [0.15, 0.2) is 0 Å². The van der Waals surface area contributed by atoms with E-state index >= 15 is 0 Å². The Morgan fingerprint density at radius 1 is 1.53 bits per heavy atom. The van der Waals surface area contributed by atoms with Crippen molar-refractivity contribution in [1.82, 2.24) is 10.2 Å². The summed E-state index contributed by atoms with van der Waals surface area (Å²) in [5.41, 5.74) is 5.49. The molecule has 1 unspecified atom stereocenters. The first-order valence-electron chi connectivity index (χ1n) is 6.44. The molecule has 0 saturated carbocycles. The number of nitrogens with one attached hydrogen (secondary N) is 1. The maximum absolute atomic E-state index is 11.7. The lowest BCUT2D eigenvalue weighted by Gasteiger charge is -2.31. The van der Waals surface area contributed by atoms with Gasteiger partial charge in [0, 0.05) is 32.8 Å². The summed E-state index contributed by atoms with van der Waals surface area (Å²) in [7, 11) is 1.59. The number of hydrogen-bond acceptors (Lipinski definition) is 4. The largest absolute Gasteiger partial charge is 0.380 e. The zero-order valence-electron chi connectivity index (χ0n) is 10.9. The molecule has 1 saturated heterocycles. The standard InChI is InChI=1S/C12H25N3O2/c1-3-15-6-4-10(5-7-15)14-12(16)8-11(9-13)17-2/h10-11H,3-9,13H2,1-2H3,(H,14,16). The van der Waals surface area contributed by atoms with Gasteiger partial charge in [-0.15, -0.1) is 0 Å². The topological polar surface area (TPSA) is 67.6 Å². The molecule has 5 heteroatoms. The first-order valence-corrected chi connectivity index (χ1v) is 6.44. The fourth-order valence-electron chi connectivity index (χ4n) is 2.15. The van der Waals surface area contributed by atoms with Crippen LogP contribution in [-0.4, -0.2) is 56.2 Å². The summed E-state index contributed by atoms with van der Waals surface area (Å²) in [5.74, 6) is 0.0530. The van der Waals surface area contributed by atoms with Gasteiger partial charge in [0.2, 0.25) is 5.91 Å². The quantitative estimate of drug-likeness (QED) is 0.686. The molecular weight excluding hydrogens is 218 g/mol. The van der Waals surface area contributed by atoms with Crippen molar-refractivity contribution in [1.29, 1.82) is 0 Å². The van der Waals surface area contributed by atoms with Crippen LogP contribution in [0.25, 0.3) is 0 Å². The molecule has 0 aromatic carbocycles. The second kappa shape index (κ2) is 7.63. The van der Waals surface area contributed by atoms with Gasteiger partial charge in [-0.05, 0) is 19.4 Å². The number of amides is 1. The molecule has 0 spiro atoms. The average molecular weight is 243 g/mol. The highest BCUT2D eigenvalue weighted by Crippen LogP contribution is 2.10. The average Bonchev–Trinajstić information content (AvgIpc) is 2.37. The van der Waals surface area contributed by atoms with Crippen molar-refractivity contribution in [3.05, 3.63) is 0 Å². The lowest BCUT2D eigenvalue weighted by molar-refractivity contribution is -0.124. The summed E-state index contributed by atoms with van der Waals surface area (Å²) in [4.78, 5) is 14.1. The zero-order valence-corrected chi connectivity index (χ0v) is 10.9. The van der Waals surface area contributed by atoms with E-state index in [1.807, 2.05) is 0 Å². The molecule has 0 aliphatic carbocycles. The van der Waals surface area contributed by atoms with Gasteiger partial charge in [-0.3, -0.25) is 4.79 Å². The summed E-state index contributed by atoms with van der Waals surface area (Å²) in [6.45, 7) is 5.80. The number of nitrogens with two attached hydrogens (primary N) is 1. The number of rotatable bonds is 6. The minimum atomic E-state index is -0.161. The molecule has 1 heterocycles. The first-order chi connectivity index (χ1) is 8.19. The van der Waals surface area contributed by atoms with Crippen LogP contribution >= 0.6 is 0 Å². The van der Waals surface area contributed by atoms with E-state index in [1.54, 1.807) is 7.11 Å². The molecule has 1 amide bonds. The van der Waals surface area contributed by atoms with E-state index < -0.39 is 0 Å². The maximum Gasteiger partial charge on any atom is 0.222 e. The number of ether oxygens (including phenoxy) is 1. The summed E-state index contributed by atoms with van der Waals surface area (Å²) >= 11 is 0. The SMILES string of the molecule is CCN1CCC(NC(=O)CC(CN)OC)CC1. The highest BCUT2D eigenvalue weighted by atomic mass is 16.5. The Balaban J connectivity index is 2.23. The second-order valence-corrected chi connectivity index (χ2v) is 4.57. The summed E-state index contributed by atoms with van der Waals surface area (Å²) in [6.07, 6.45) is 2.28. The Bertz CT molecular complexity index is 224. The molecule has 1 fully saturated rings. The highest BCUT2D eigenvalue weighted by molar-refractivity contribution is 5.76. The van der Waals surface area contributed by atoms with E-state index in [4.69, 9.17) is 10.5 Å². The van der Waals surface area contributed by atoms with Gasteiger partial charge in [0.1, 0.15) is 0 Å². The van der Waals surface area contributed by atoms with Gasteiger partial charge < -0.3 is 20.7 Å². The molecule has 1 aliphatic heterocycles. The van der Waals surface area contributed by atoms with E-state index in [1.165, 1.54) is 0 Å². The van der Waals surface area contributed by atoms with Crippen LogP contribution in [0.2, 0.25) is 0 Å². The Kier molecular flexibility index (Phi) is 6.47. The van der Waals surface area contributed by atoms with Gasteiger partial charge in [0.05, 0.1) is 12.5 Å². The fourth-order valence-corrected chi connectivity index (χ4v) is 2.15. The zero-order chi connectivity index (χ0) is 12.7. The predicted molar refractivity (Wildman–Crippen MR) is 67.7 cm³/mol. The minimum absolute atomic E-state index is 0.0530. The molecule has 0 bridgehead atoms. The monoisotopic (exact) mass is 243 g/mol. The van der Waals surface area contributed by atoms with Gasteiger partial charge in [-0.25, -0.2) is 0 Å². The van der Waals surface area contributed by atoms with Crippen molar-refractivity contribution >= 4 is 5.91 Å². The van der Waals surface area contributed by atoms with Crippen LogP contribution in [0.1, 0.15) is 26.2 Å². The fraction of sp³-hybridized carbons (Fsp3) is 0.917. The normalized spacial score (nSPS) is 20.2. The number of piperidine rings is 1. The second-order valence-electron chi connectivity index (χ2n) is 4.57. The predicted octanol–water partition coefficient (Wildman–Crippen LogP) is -0.0493. The van der Waals surface area contributed by atoms with Gasteiger partial charge in [0.25, 0.3) is 0 Å². The van der Waals surface area contributed by atoms with Gasteiger partial charge in [-0.2, -0.15) is 0 Å². The molecule has 100 valence electrons. The molecule has 3 N–H and O–H groups in total. The van der Waals surface area contributed by atoms with Crippen molar-refractivity contribution in [2.24, 2.45) is 5.73 Å². The van der Waals surface area contributed by atoms with Crippen molar-refractivity contribution in [3.8, 4) is 0 Å². The van der Waals surface area contributed by atoms with E-state index in [0.717, 1.165) is 32.5 Å². The van der Waals surface area contributed by atoms with Crippen molar-refractivity contribution in [2.45, 2.75) is 38.3 Å². The molecule has 0 aromatic heterocycles. The highest BCUT2D eigenvalue weighted by Gasteiger charge is 2.20. The lowest BCUT2D eigenvalue weighted by Crippen LogP contribution is -2.45. The van der Waals surface area contributed by atoms with Crippen LogP contribution in [0.4, 0.5) is 0 Å². The first kappa shape index (κ1) is 14.4.